The zero-order valence-corrected chi connectivity index (χ0v) is 13.9. The number of nitrogens with one attached hydrogen (secondary N) is 1. The highest BCUT2D eigenvalue weighted by molar-refractivity contribution is 8.00. The summed E-state index contributed by atoms with van der Waals surface area (Å²) in [4.78, 5) is 0.448. The molecule has 1 saturated heterocycles. The number of hydrogen-bond acceptors (Lipinski definition) is 4. The van der Waals surface area contributed by atoms with Gasteiger partial charge in [0.1, 0.15) is 0 Å². The Morgan fingerprint density at radius 2 is 2.20 bits per heavy atom. The predicted octanol–water partition coefficient (Wildman–Crippen LogP) is 1.84. The monoisotopic (exact) mass is 314 g/mol. The summed E-state index contributed by atoms with van der Waals surface area (Å²) in [6.45, 7) is 5.86. The predicted molar refractivity (Wildman–Crippen MR) is 84.6 cm³/mol. The van der Waals surface area contributed by atoms with Crippen molar-refractivity contribution < 1.29 is 8.42 Å². The van der Waals surface area contributed by atoms with Gasteiger partial charge in [-0.15, -0.1) is 0 Å². The second-order valence-electron chi connectivity index (χ2n) is 5.12. The summed E-state index contributed by atoms with van der Waals surface area (Å²) in [7, 11) is -1.51. The van der Waals surface area contributed by atoms with E-state index in [1.165, 1.54) is 0 Å². The number of nitrogens with zero attached hydrogens (tertiary/aromatic N) is 1. The van der Waals surface area contributed by atoms with Gasteiger partial charge in [-0.25, -0.2) is 8.42 Å². The molecule has 1 atom stereocenters. The summed E-state index contributed by atoms with van der Waals surface area (Å²) >= 11 is 1.83. The minimum atomic E-state index is -3.37. The van der Waals surface area contributed by atoms with Gasteiger partial charge in [-0.1, -0.05) is 19.1 Å². The van der Waals surface area contributed by atoms with Crippen LogP contribution in [0, 0.1) is 6.92 Å². The van der Waals surface area contributed by atoms with Crippen molar-refractivity contribution in [3.63, 3.8) is 0 Å². The van der Waals surface area contributed by atoms with E-state index in [-0.39, 0.29) is 0 Å². The lowest BCUT2D eigenvalue weighted by molar-refractivity contribution is 0.424. The highest BCUT2D eigenvalue weighted by Gasteiger charge is 2.30. The van der Waals surface area contributed by atoms with Crippen LogP contribution in [0.25, 0.3) is 0 Å². The molecule has 0 amide bonds. The Labute approximate surface area is 126 Å². The van der Waals surface area contributed by atoms with Crippen LogP contribution in [-0.4, -0.2) is 43.9 Å². The van der Waals surface area contributed by atoms with E-state index in [9.17, 15) is 8.42 Å². The van der Waals surface area contributed by atoms with Crippen molar-refractivity contribution >= 4 is 21.8 Å². The Hall–Kier alpha value is -0.560. The number of hydrogen-bond donors (Lipinski definition) is 1. The Morgan fingerprint density at radius 1 is 1.45 bits per heavy atom. The normalized spacial score (nSPS) is 21.1. The highest BCUT2D eigenvalue weighted by Crippen LogP contribution is 2.27. The molecule has 1 aromatic carbocycles. The van der Waals surface area contributed by atoms with Crippen LogP contribution in [0.5, 0.6) is 0 Å². The number of rotatable bonds is 4. The van der Waals surface area contributed by atoms with E-state index >= 15 is 0 Å². The third kappa shape index (κ3) is 3.19. The van der Waals surface area contributed by atoms with Gasteiger partial charge < -0.3 is 5.32 Å². The van der Waals surface area contributed by atoms with Crippen LogP contribution in [0.3, 0.4) is 0 Å². The molecular weight excluding hydrogens is 292 g/mol. The van der Waals surface area contributed by atoms with Crippen molar-refractivity contribution in [2.24, 2.45) is 0 Å². The molecular formula is C14H22N2O2S2. The molecule has 0 aliphatic carbocycles. The van der Waals surface area contributed by atoms with Gasteiger partial charge in [-0.05, 0) is 31.2 Å². The van der Waals surface area contributed by atoms with E-state index in [0.29, 0.717) is 29.8 Å². The van der Waals surface area contributed by atoms with Crippen molar-refractivity contribution in [1.82, 2.24) is 9.62 Å². The first kappa shape index (κ1) is 15.8. The van der Waals surface area contributed by atoms with Gasteiger partial charge in [0.2, 0.25) is 10.0 Å². The molecule has 1 aliphatic rings. The first-order valence-corrected chi connectivity index (χ1v) is 9.30. The van der Waals surface area contributed by atoms with Crippen LogP contribution in [-0.2, 0) is 16.6 Å². The molecule has 1 unspecified atom stereocenters. The van der Waals surface area contributed by atoms with E-state index in [1.54, 1.807) is 10.4 Å². The van der Waals surface area contributed by atoms with Crippen LogP contribution in [0.2, 0.25) is 0 Å². The molecule has 0 aromatic heterocycles. The second kappa shape index (κ2) is 6.47. The average Bonchev–Trinajstić information content (AvgIpc) is 2.41. The lowest BCUT2D eigenvalue weighted by Crippen LogP contribution is -2.41. The van der Waals surface area contributed by atoms with Crippen LogP contribution >= 0.6 is 11.8 Å². The maximum absolute atomic E-state index is 12.8. The lowest BCUT2D eigenvalue weighted by Gasteiger charge is -2.30. The van der Waals surface area contributed by atoms with E-state index in [1.807, 2.05) is 37.9 Å². The Kier molecular flexibility index (Phi) is 5.12. The topological polar surface area (TPSA) is 49.4 Å². The number of sulfonamides is 1. The Bertz CT molecular complexity index is 573. The minimum absolute atomic E-state index is 0.360. The van der Waals surface area contributed by atoms with Crippen LogP contribution in [0.15, 0.2) is 23.1 Å². The fraction of sp³-hybridized carbons (Fsp3) is 0.571. The van der Waals surface area contributed by atoms with Crippen molar-refractivity contribution in [3.05, 3.63) is 29.3 Å². The summed E-state index contributed by atoms with van der Waals surface area (Å²) in [6.07, 6.45) is 0. The molecule has 20 heavy (non-hydrogen) atoms. The molecule has 0 radical (unpaired) electrons. The molecule has 4 nitrogen and oxygen atoms in total. The van der Waals surface area contributed by atoms with E-state index < -0.39 is 10.0 Å². The molecule has 0 spiro atoms. The minimum Gasteiger partial charge on any atom is -0.316 e. The number of benzene rings is 1. The smallest absolute Gasteiger partial charge is 0.243 e. The third-order valence-corrected chi connectivity index (χ3v) is 6.73. The largest absolute Gasteiger partial charge is 0.316 e. The van der Waals surface area contributed by atoms with Gasteiger partial charge in [0.25, 0.3) is 0 Å². The highest BCUT2D eigenvalue weighted by atomic mass is 32.2. The molecule has 1 heterocycles. The summed E-state index contributed by atoms with van der Waals surface area (Å²) in [6, 6.07) is 5.52. The molecule has 112 valence electrons. The van der Waals surface area contributed by atoms with Gasteiger partial charge in [-0.3, -0.25) is 0 Å². The quantitative estimate of drug-likeness (QED) is 0.921. The van der Waals surface area contributed by atoms with Crippen molar-refractivity contribution in [2.75, 3.05) is 25.9 Å². The van der Waals surface area contributed by atoms with Crippen molar-refractivity contribution in [1.29, 1.82) is 0 Å². The molecule has 1 aromatic rings. The van der Waals surface area contributed by atoms with Crippen molar-refractivity contribution in [3.8, 4) is 0 Å². The maximum atomic E-state index is 12.8. The fourth-order valence-electron chi connectivity index (χ4n) is 2.47. The third-order valence-electron chi connectivity index (χ3n) is 3.59. The van der Waals surface area contributed by atoms with E-state index in [2.05, 4.69) is 12.2 Å². The fourth-order valence-corrected chi connectivity index (χ4v) is 5.49. The van der Waals surface area contributed by atoms with Crippen LogP contribution in [0.4, 0.5) is 0 Å². The summed E-state index contributed by atoms with van der Waals surface area (Å²) in [5, 5.41) is 3.44. The Morgan fingerprint density at radius 3 is 2.85 bits per heavy atom. The molecule has 6 heteroatoms. The molecule has 2 rings (SSSR count). The zero-order valence-electron chi connectivity index (χ0n) is 12.2. The molecule has 1 N–H and O–H groups in total. The van der Waals surface area contributed by atoms with E-state index in [4.69, 9.17) is 0 Å². The van der Waals surface area contributed by atoms with Crippen LogP contribution < -0.4 is 5.32 Å². The first-order chi connectivity index (χ1) is 9.46. The SMILES string of the molecule is CNCc1cccc(S(=O)(=O)N2CCSC(C)C2)c1C. The lowest BCUT2D eigenvalue weighted by atomic mass is 10.1. The molecule has 1 aliphatic heterocycles. The molecule has 0 bridgehead atoms. The van der Waals surface area contributed by atoms with Gasteiger partial charge >= 0.3 is 0 Å². The molecule has 0 saturated carbocycles. The van der Waals surface area contributed by atoms with Crippen LogP contribution in [0.1, 0.15) is 18.1 Å². The van der Waals surface area contributed by atoms with Gasteiger partial charge in [0.05, 0.1) is 4.90 Å². The number of thioether (sulfide) groups is 1. The maximum Gasteiger partial charge on any atom is 0.243 e. The summed E-state index contributed by atoms with van der Waals surface area (Å²) in [5.41, 5.74) is 1.89. The Balaban J connectivity index is 2.36. The van der Waals surface area contributed by atoms with E-state index in [0.717, 1.165) is 16.9 Å². The average molecular weight is 314 g/mol. The second-order valence-corrected chi connectivity index (χ2v) is 8.57. The zero-order chi connectivity index (χ0) is 14.8. The summed E-state index contributed by atoms with van der Waals surface area (Å²) in [5.74, 6) is 0.871. The molecule has 1 fully saturated rings. The van der Waals surface area contributed by atoms with Gasteiger partial charge in [0.15, 0.2) is 0 Å². The van der Waals surface area contributed by atoms with Crippen molar-refractivity contribution in [2.45, 2.75) is 30.5 Å². The van der Waals surface area contributed by atoms with Gasteiger partial charge in [0, 0.05) is 30.6 Å². The van der Waals surface area contributed by atoms with Gasteiger partial charge in [-0.2, -0.15) is 16.1 Å². The standard InChI is InChI=1S/C14H22N2O2S2/c1-11-10-16(7-8-19-11)20(17,18)14-6-4-5-13(9-15-3)12(14)2/h4-6,11,15H,7-10H2,1-3H3. The first-order valence-electron chi connectivity index (χ1n) is 6.81. The summed E-state index contributed by atoms with van der Waals surface area (Å²) < 4.78 is 27.2.